The lowest BCUT2D eigenvalue weighted by Crippen LogP contribution is -2.36. The van der Waals surface area contributed by atoms with Crippen LogP contribution in [0.2, 0.25) is 0 Å². The first-order valence-corrected chi connectivity index (χ1v) is 7.76. The molecule has 0 saturated carbocycles. The van der Waals surface area contributed by atoms with Crippen LogP contribution in [0.4, 0.5) is 15.8 Å². The fourth-order valence-electron chi connectivity index (χ4n) is 2.85. The summed E-state index contributed by atoms with van der Waals surface area (Å²) in [6.07, 6.45) is 0.655. The van der Waals surface area contributed by atoms with E-state index in [9.17, 15) is 9.65 Å². The van der Waals surface area contributed by atoms with Crippen LogP contribution in [0.3, 0.4) is 0 Å². The average Bonchev–Trinajstić information content (AvgIpc) is 2.93. The van der Waals surface area contributed by atoms with Gasteiger partial charge in [-0.05, 0) is 26.2 Å². The second kappa shape index (κ2) is 7.49. The van der Waals surface area contributed by atoms with Crippen LogP contribution < -0.4 is 9.64 Å². The third kappa shape index (κ3) is 3.60. The molecule has 1 heterocycles. The summed E-state index contributed by atoms with van der Waals surface area (Å²) in [6.45, 7) is 0.731. The number of anilines is 1. The summed E-state index contributed by atoms with van der Waals surface area (Å²) in [5.41, 5.74) is 1.56. The first-order chi connectivity index (χ1) is 11.4. The molecule has 2 atom stereocenters. The summed E-state index contributed by atoms with van der Waals surface area (Å²) < 4.78 is 19.8. The zero-order valence-electron chi connectivity index (χ0n) is 14.8. The number of methoxy groups -OCH3 is 1. The Bertz CT molecular complexity index is 653. The average molecular weight is 333 g/mol. The Labute approximate surface area is 142 Å². The fraction of sp³-hybridized carbons (Fsp3) is 0.529. The second-order valence-electron chi connectivity index (χ2n) is 6.28. The van der Waals surface area contributed by atoms with E-state index < -0.39 is 6.17 Å². The first kappa shape index (κ1) is 18.0. The summed E-state index contributed by atoms with van der Waals surface area (Å²) in [5, 5.41) is 9.66. The number of nitrogens with zero attached hydrogens (tertiary/aromatic N) is 5. The molecular weight excluding hydrogens is 309 g/mol. The summed E-state index contributed by atoms with van der Waals surface area (Å²) >= 11 is 0. The molecule has 0 aromatic heterocycles. The minimum absolute atomic E-state index is 0.213. The Morgan fingerprint density at radius 1 is 1.33 bits per heavy atom. The van der Waals surface area contributed by atoms with Gasteiger partial charge < -0.3 is 19.4 Å². The molecule has 1 fully saturated rings. The Morgan fingerprint density at radius 2 is 2.04 bits per heavy atom. The van der Waals surface area contributed by atoms with E-state index in [1.807, 2.05) is 38.0 Å². The molecule has 0 bridgehead atoms. The first-order valence-electron chi connectivity index (χ1n) is 7.76. The Kier molecular flexibility index (Phi) is 5.62. The molecule has 24 heavy (non-hydrogen) atoms. The van der Waals surface area contributed by atoms with Crippen molar-refractivity contribution in [1.82, 2.24) is 9.80 Å². The largest absolute Gasteiger partial charge is 0.495 e. The highest BCUT2D eigenvalue weighted by atomic mass is 19.1. The maximum atomic E-state index is 14.4. The molecule has 1 aliphatic rings. The van der Waals surface area contributed by atoms with Crippen molar-refractivity contribution < 1.29 is 9.13 Å². The predicted octanol–water partition coefficient (Wildman–Crippen LogP) is 1.88. The minimum atomic E-state index is -0.981. The number of likely N-dealkylation sites (N-methyl/N-ethyl adjacent to an activating group) is 1. The number of nitriles is 1. The van der Waals surface area contributed by atoms with Gasteiger partial charge in [0.25, 0.3) is 0 Å². The van der Waals surface area contributed by atoms with Crippen molar-refractivity contribution in [2.75, 3.05) is 53.3 Å². The molecular formula is C17H24FN5O. The molecule has 130 valence electrons. The van der Waals surface area contributed by atoms with E-state index in [4.69, 9.17) is 4.74 Å². The smallest absolute Gasteiger partial charge is 0.143 e. The lowest BCUT2D eigenvalue weighted by molar-refractivity contribution is 0.202. The number of rotatable bonds is 5. The number of halogens is 1. The standard InChI is InChI=1S/C17H24FN5O/c1-21(2)11-20-14-6-7-16(24-5)17(12(14)8-19)23-9-13(18)15(10-23)22(3)4/h6-7,11,13,15H,9-10H2,1-5H3/t13-,15+/m0/s1. The quantitative estimate of drug-likeness (QED) is 0.608. The third-order valence-electron chi connectivity index (χ3n) is 4.08. The highest BCUT2D eigenvalue weighted by molar-refractivity contribution is 5.78. The maximum Gasteiger partial charge on any atom is 0.143 e. The molecule has 1 aromatic carbocycles. The van der Waals surface area contributed by atoms with Gasteiger partial charge in [0, 0.05) is 20.6 Å². The maximum absolute atomic E-state index is 14.4. The van der Waals surface area contributed by atoms with Crippen molar-refractivity contribution in [1.29, 1.82) is 5.26 Å². The van der Waals surface area contributed by atoms with Crippen molar-refractivity contribution >= 4 is 17.7 Å². The van der Waals surface area contributed by atoms with Crippen LogP contribution in [-0.2, 0) is 0 Å². The normalized spacial score (nSPS) is 20.7. The highest BCUT2D eigenvalue weighted by Crippen LogP contribution is 2.40. The summed E-state index contributed by atoms with van der Waals surface area (Å²) in [4.78, 5) is 9.89. The van der Waals surface area contributed by atoms with Gasteiger partial charge in [-0.2, -0.15) is 5.26 Å². The SMILES string of the molecule is COc1ccc(N=CN(C)C)c(C#N)c1N1C[C@@H](N(C)C)[C@@H](F)C1. The second-order valence-corrected chi connectivity index (χ2v) is 6.28. The molecule has 1 saturated heterocycles. The van der Waals surface area contributed by atoms with Crippen LogP contribution in [0.1, 0.15) is 5.56 Å². The Balaban J connectivity index is 2.48. The van der Waals surface area contributed by atoms with Gasteiger partial charge in [-0.3, -0.25) is 0 Å². The van der Waals surface area contributed by atoms with Crippen LogP contribution >= 0.6 is 0 Å². The van der Waals surface area contributed by atoms with Crippen LogP contribution in [-0.4, -0.2) is 76.7 Å². The molecule has 0 radical (unpaired) electrons. The van der Waals surface area contributed by atoms with Crippen LogP contribution in [0.5, 0.6) is 5.75 Å². The van der Waals surface area contributed by atoms with Crippen LogP contribution in [0.15, 0.2) is 17.1 Å². The van der Waals surface area contributed by atoms with E-state index in [2.05, 4.69) is 11.1 Å². The molecule has 0 spiro atoms. The third-order valence-corrected chi connectivity index (χ3v) is 4.08. The molecule has 0 N–H and O–H groups in total. The highest BCUT2D eigenvalue weighted by Gasteiger charge is 2.36. The molecule has 1 aromatic rings. The van der Waals surface area contributed by atoms with Gasteiger partial charge in [-0.1, -0.05) is 0 Å². The van der Waals surface area contributed by atoms with E-state index in [0.717, 1.165) is 0 Å². The molecule has 0 amide bonds. The Hall–Kier alpha value is -2.33. The van der Waals surface area contributed by atoms with Gasteiger partial charge in [0.1, 0.15) is 23.6 Å². The lowest BCUT2D eigenvalue weighted by atomic mass is 10.1. The predicted molar refractivity (Wildman–Crippen MR) is 94.1 cm³/mol. The molecule has 0 unspecified atom stereocenters. The van der Waals surface area contributed by atoms with Crippen molar-refractivity contribution in [3.05, 3.63) is 17.7 Å². The van der Waals surface area contributed by atoms with Gasteiger partial charge in [-0.15, -0.1) is 0 Å². The lowest BCUT2D eigenvalue weighted by Gasteiger charge is -2.24. The summed E-state index contributed by atoms with van der Waals surface area (Å²) in [7, 11) is 8.99. The van der Waals surface area contributed by atoms with Crippen LogP contribution in [0.25, 0.3) is 0 Å². The summed E-state index contributed by atoms with van der Waals surface area (Å²) in [6, 6.07) is 5.51. The molecule has 6 nitrogen and oxygen atoms in total. The van der Waals surface area contributed by atoms with E-state index in [1.165, 1.54) is 0 Å². The molecule has 1 aliphatic heterocycles. The number of hydrogen-bond acceptors (Lipinski definition) is 5. The van der Waals surface area contributed by atoms with Crippen molar-refractivity contribution in [2.45, 2.75) is 12.2 Å². The summed E-state index contributed by atoms with van der Waals surface area (Å²) in [5.74, 6) is 0.557. The molecule has 0 aliphatic carbocycles. The van der Waals surface area contributed by atoms with Gasteiger partial charge in [0.05, 0.1) is 37.4 Å². The molecule has 7 heteroatoms. The number of ether oxygens (including phenoxy) is 1. The number of benzene rings is 1. The number of aliphatic imine (C=N–C) groups is 1. The van der Waals surface area contributed by atoms with Crippen molar-refractivity contribution in [2.24, 2.45) is 4.99 Å². The van der Waals surface area contributed by atoms with Gasteiger partial charge >= 0.3 is 0 Å². The topological polar surface area (TPSA) is 55.1 Å². The number of hydrogen-bond donors (Lipinski definition) is 0. The molecule has 2 rings (SSSR count). The van der Waals surface area contributed by atoms with Crippen LogP contribution in [0, 0.1) is 11.3 Å². The van der Waals surface area contributed by atoms with Crippen molar-refractivity contribution in [3.8, 4) is 11.8 Å². The van der Waals surface area contributed by atoms with Gasteiger partial charge in [-0.25, -0.2) is 9.38 Å². The monoisotopic (exact) mass is 333 g/mol. The van der Waals surface area contributed by atoms with Gasteiger partial charge in [0.2, 0.25) is 0 Å². The van der Waals surface area contributed by atoms with Crippen molar-refractivity contribution in [3.63, 3.8) is 0 Å². The zero-order chi connectivity index (χ0) is 17.9. The minimum Gasteiger partial charge on any atom is -0.495 e. The van der Waals surface area contributed by atoms with E-state index >= 15 is 0 Å². The zero-order valence-corrected chi connectivity index (χ0v) is 14.8. The fourth-order valence-corrected chi connectivity index (χ4v) is 2.85. The van der Waals surface area contributed by atoms with Gasteiger partial charge in [0.15, 0.2) is 0 Å². The Morgan fingerprint density at radius 3 is 2.54 bits per heavy atom. The number of alkyl halides is 1. The van der Waals surface area contributed by atoms with E-state index in [1.54, 1.807) is 30.5 Å². The van der Waals surface area contributed by atoms with E-state index in [-0.39, 0.29) is 12.6 Å². The van der Waals surface area contributed by atoms with E-state index in [0.29, 0.717) is 29.2 Å².